The molecule has 2 aromatic carbocycles. The molecule has 42 heavy (non-hydrogen) atoms. The number of aliphatic hydroxyl groups is 1. The van der Waals surface area contributed by atoms with Gasteiger partial charge in [0.25, 0.3) is 0 Å². The summed E-state index contributed by atoms with van der Waals surface area (Å²) in [6.45, 7) is 4.75. The van der Waals surface area contributed by atoms with Gasteiger partial charge in [-0.05, 0) is 122 Å². The average Bonchev–Trinajstić information content (AvgIpc) is 3.59. The Morgan fingerprint density at radius 2 is 1.88 bits per heavy atom. The number of aryl methyl sites for hydroxylation is 3. The molecule has 0 aliphatic heterocycles. The maximum Gasteiger partial charge on any atom is 0.147 e. The second kappa shape index (κ2) is 13.2. The fourth-order valence-corrected chi connectivity index (χ4v) is 7.13. The summed E-state index contributed by atoms with van der Waals surface area (Å²) >= 11 is 0. The molecule has 226 valence electrons. The van der Waals surface area contributed by atoms with Crippen LogP contribution in [0.25, 0.3) is 11.1 Å². The van der Waals surface area contributed by atoms with E-state index >= 15 is 4.39 Å². The average molecular weight is 597 g/mol. The van der Waals surface area contributed by atoms with Crippen molar-refractivity contribution < 1.29 is 27.4 Å². The van der Waals surface area contributed by atoms with Gasteiger partial charge in [-0.25, -0.2) is 12.8 Å². The normalized spacial score (nSPS) is 19.6. The van der Waals surface area contributed by atoms with E-state index in [1.54, 1.807) is 6.07 Å². The highest BCUT2D eigenvalue weighted by molar-refractivity contribution is 7.90. The lowest BCUT2D eigenvalue weighted by atomic mass is 9.88. The van der Waals surface area contributed by atoms with Crippen LogP contribution >= 0.6 is 0 Å². The number of hydrogen-bond acceptors (Lipinski definition) is 7. The summed E-state index contributed by atoms with van der Waals surface area (Å²) < 4.78 is 49.0. The van der Waals surface area contributed by atoms with Crippen LogP contribution in [0.5, 0.6) is 5.75 Å². The summed E-state index contributed by atoms with van der Waals surface area (Å²) in [4.78, 5) is 9.26. The van der Waals surface area contributed by atoms with Gasteiger partial charge in [0, 0.05) is 24.6 Å². The molecule has 0 amide bonds. The van der Waals surface area contributed by atoms with Gasteiger partial charge in [-0.15, -0.1) is 0 Å². The van der Waals surface area contributed by atoms with Crippen LogP contribution in [0.4, 0.5) is 4.39 Å². The molecule has 5 rings (SSSR count). The lowest BCUT2D eigenvalue weighted by molar-refractivity contribution is -0.00679. The van der Waals surface area contributed by atoms with Crippen LogP contribution in [0.2, 0.25) is 0 Å². The van der Waals surface area contributed by atoms with Gasteiger partial charge in [0.05, 0.1) is 30.4 Å². The third kappa shape index (κ3) is 7.36. The van der Waals surface area contributed by atoms with Crippen LogP contribution in [0.15, 0.2) is 36.7 Å². The van der Waals surface area contributed by atoms with Crippen LogP contribution in [0.3, 0.4) is 0 Å². The van der Waals surface area contributed by atoms with E-state index in [4.69, 9.17) is 14.6 Å². The SMILES string of the molecule is Cc1cc(OCCCS(C)(=O)=O)cc(C)c1-c1ccc(F)c2c1CCC2CCCc1cnc([C@H]2C[C@@H]2COCO)cn1. The number of ether oxygens (including phenoxy) is 2. The number of aromatic nitrogens is 2. The number of halogens is 1. The van der Waals surface area contributed by atoms with E-state index in [1.165, 1.54) is 6.26 Å². The van der Waals surface area contributed by atoms with E-state index in [-0.39, 0.29) is 24.3 Å². The van der Waals surface area contributed by atoms with E-state index in [2.05, 4.69) is 9.97 Å². The Labute approximate surface area is 248 Å². The fraction of sp³-hybridized carbons (Fsp3) is 0.515. The van der Waals surface area contributed by atoms with Gasteiger partial charge in [-0.1, -0.05) is 6.07 Å². The standard InChI is InChI=1S/C33H41FN2O5S/c1-21-14-26(41-12-5-13-42(3,38)39)15-22(2)32(21)27-10-11-30(34)33-23(8-9-28(27)33)6-4-7-25-17-36-31(18-35-25)29-16-24(29)19-40-20-37/h10-11,14-15,17-18,23-24,29,37H,4-9,12-13,16,19-20H2,1-3H3/t23?,24-,29+/m1/s1. The number of benzene rings is 2. The third-order valence-electron chi connectivity index (χ3n) is 8.60. The van der Waals surface area contributed by atoms with Crippen molar-refractivity contribution in [3.05, 3.63) is 76.1 Å². The number of fused-ring (bicyclic) bond motifs is 1. The smallest absolute Gasteiger partial charge is 0.147 e. The Kier molecular flexibility index (Phi) is 9.60. The minimum absolute atomic E-state index is 0.106. The molecule has 2 aliphatic carbocycles. The largest absolute Gasteiger partial charge is 0.494 e. The highest BCUT2D eigenvalue weighted by Gasteiger charge is 2.39. The molecule has 3 atom stereocenters. The van der Waals surface area contributed by atoms with Crippen LogP contribution in [0.1, 0.15) is 77.6 Å². The lowest BCUT2D eigenvalue weighted by Crippen LogP contribution is -2.08. The second-order valence-electron chi connectivity index (χ2n) is 11.9. The van der Waals surface area contributed by atoms with Gasteiger partial charge < -0.3 is 14.6 Å². The number of rotatable bonds is 14. The van der Waals surface area contributed by atoms with E-state index in [0.29, 0.717) is 31.5 Å². The van der Waals surface area contributed by atoms with Gasteiger partial charge in [0.2, 0.25) is 0 Å². The summed E-state index contributed by atoms with van der Waals surface area (Å²) in [5, 5.41) is 8.82. The molecule has 1 heterocycles. The van der Waals surface area contributed by atoms with Crippen molar-refractivity contribution in [3.8, 4) is 16.9 Å². The minimum Gasteiger partial charge on any atom is -0.494 e. The Morgan fingerprint density at radius 3 is 2.57 bits per heavy atom. The quantitative estimate of drug-likeness (QED) is 0.185. The first-order chi connectivity index (χ1) is 20.1. The van der Waals surface area contributed by atoms with Gasteiger partial charge in [0.15, 0.2) is 0 Å². The van der Waals surface area contributed by atoms with E-state index in [0.717, 1.165) is 89.0 Å². The zero-order valence-electron chi connectivity index (χ0n) is 24.7. The van der Waals surface area contributed by atoms with Crippen LogP contribution < -0.4 is 4.74 Å². The van der Waals surface area contributed by atoms with Gasteiger partial charge in [-0.2, -0.15) is 0 Å². The van der Waals surface area contributed by atoms with Gasteiger partial charge in [0.1, 0.15) is 28.2 Å². The summed E-state index contributed by atoms with van der Waals surface area (Å²) in [6.07, 6.45) is 10.9. The van der Waals surface area contributed by atoms with E-state index in [1.807, 2.05) is 44.4 Å². The van der Waals surface area contributed by atoms with Gasteiger partial charge >= 0.3 is 0 Å². The maximum absolute atomic E-state index is 15.2. The van der Waals surface area contributed by atoms with Crippen molar-refractivity contribution >= 4 is 9.84 Å². The Hall–Kier alpha value is -2.88. The molecule has 1 N–H and O–H groups in total. The fourth-order valence-electron chi connectivity index (χ4n) is 6.49. The molecule has 3 aromatic rings. The molecular formula is C33H41FN2O5S. The third-order valence-corrected chi connectivity index (χ3v) is 9.63. The summed E-state index contributed by atoms with van der Waals surface area (Å²) in [7, 11) is -3.00. The predicted molar refractivity (Wildman–Crippen MR) is 161 cm³/mol. The van der Waals surface area contributed by atoms with E-state index in [9.17, 15) is 8.42 Å². The monoisotopic (exact) mass is 596 g/mol. The van der Waals surface area contributed by atoms with Crippen LogP contribution in [-0.2, 0) is 27.4 Å². The molecule has 0 saturated heterocycles. The zero-order chi connectivity index (χ0) is 29.9. The zero-order valence-corrected chi connectivity index (χ0v) is 25.6. The van der Waals surface area contributed by atoms with Crippen LogP contribution in [0, 0.1) is 25.6 Å². The highest BCUT2D eigenvalue weighted by Crippen LogP contribution is 2.47. The van der Waals surface area contributed by atoms with Crippen LogP contribution in [-0.4, -0.2) is 55.5 Å². The molecule has 1 unspecified atom stereocenters. The number of sulfone groups is 1. The molecule has 9 heteroatoms. The molecule has 1 aromatic heterocycles. The topological polar surface area (TPSA) is 98.6 Å². The molecule has 0 radical (unpaired) electrons. The number of hydrogen-bond donors (Lipinski definition) is 1. The lowest BCUT2D eigenvalue weighted by Gasteiger charge is -2.18. The van der Waals surface area contributed by atoms with Gasteiger partial charge in [-0.3, -0.25) is 9.97 Å². The number of nitrogens with zero attached hydrogens (tertiary/aromatic N) is 2. The predicted octanol–water partition coefficient (Wildman–Crippen LogP) is 5.84. The summed E-state index contributed by atoms with van der Waals surface area (Å²) in [6, 6.07) is 7.50. The number of aliphatic hydroxyl groups excluding tert-OH is 1. The molecule has 1 saturated carbocycles. The van der Waals surface area contributed by atoms with Crippen molar-refractivity contribution in [2.75, 3.05) is 32.0 Å². The molecule has 7 nitrogen and oxygen atoms in total. The molecular weight excluding hydrogens is 555 g/mol. The first-order valence-corrected chi connectivity index (χ1v) is 16.9. The summed E-state index contributed by atoms with van der Waals surface area (Å²) in [5.41, 5.74) is 8.25. The first kappa shape index (κ1) is 30.6. The van der Waals surface area contributed by atoms with Crippen molar-refractivity contribution in [2.45, 2.75) is 70.6 Å². The first-order valence-electron chi connectivity index (χ1n) is 14.9. The van der Waals surface area contributed by atoms with E-state index < -0.39 is 9.84 Å². The van der Waals surface area contributed by atoms with Crippen molar-refractivity contribution in [3.63, 3.8) is 0 Å². The molecule has 1 fully saturated rings. The highest BCUT2D eigenvalue weighted by atomic mass is 32.2. The minimum atomic E-state index is -3.00. The molecule has 0 bridgehead atoms. The Balaban J connectivity index is 1.21. The maximum atomic E-state index is 15.2. The molecule has 0 spiro atoms. The van der Waals surface area contributed by atoms with Crippen molar-refractivity contribution in [1.29, 1.82) is 0 Å². The Morgan fingerprint density at radius 1 is 1.10 bits per heavy atom. The van der Waals surface area contributed by atoms with Crippen molar-refractivity contribution in [1.82, 2.24) is 9.97 Å². The Bertz CT molecular complexity index is 1490. The summed E-state index contributed by atoms with van der Waals surface area (Å²) in [5.74, 6) is 1.68. The molecule has 2 aliphatic rings. The van der Waals surface area contributed by atoms with Crippen molar-refractivity contribution in [2.24, 2.45) is 5.92 Å². The second-order valence-corrected chi connectivity index (χ2v) is 14.2.